The lowest BCUT2D eigenvalue weighted by molar-refractivity contribution is -0.111. The van der Waals surface area contributed by atoms with Crippen LogP contribution in [0, 0.1) is 0 Å². The zero-order chi connectivity index (χ0) is 21.5. The van der Waals surface area contributed by atoms with Crippen molar-refractivity contribution in [2.75, 3.05) is 12.4 Å². The van der Waals surface area contributed by atoms with E-state index in [0.29, 0.717) is 33.8 Å². The lowest BCUT2D eigenvalue weighted by Gasteiger charge is -2.13. The summed E-state index contributed by atoms with van der Waals surface area (Å²) in [6, 6.07) is 18.3. The van der Waals surface area contributed by atoms with Gasteiger partial charge in [0.15, 0.2) is 11.5 Å². The van der Waals surface area contributed by atoms with Gasteiger partial charge in [-0.15, -0.1) is 0 Å². The number of anilines is 1. The third-order valence-electron chi connectivity index (χ3n) is 4.04. The molecule has 0 aliphatic heterocycles. The molecule has 0 bridgehead atoms. The highest BCUT2D eigenvalue weighted by molar-refractivity contribution is 9.10. The Kier molecular flexibility index (Phi) is 7.80. The molecule has 0 aliphatic carbocycles. The smallest absolute Gasteiger partial charge is 0.248 e. The molecule has 3 rings (SSSR count). The lowest BCUT2D eigenvalue weighted by Crippen LogP contribution is -2.07. The van der Waals surface area contributed by atoms with Crippen molar-refractivity contribution in [3.8, 4) is 11.5 Å². The van der Waals surface area contributed by atoms with E-state index < -0.39 is 0 Å². The minimum atomic E-state index is -0.312. The summed E-state index contributed by atoms with van der Waals surface area (Å²) < 4.78 is 12.1. The predicted octanol–water partition coefficient (Wildman–Crippen LogP) is 7.00. The molecule has 0 radical (unpaired) electrons. The second-order valence-electron chi connectivity index (χ2n) is 6.29. The van der Waals surface area contributed by atoms with Gasteiger partial charge in [-0.05, 0) is 63.5 Å². The van der Waals surface area contributed by atoms with Gasteiger partial charge < -0.3 is 14.8 Å². The van der Waals surface area contributed by atoms with E-state index in [-0.39, 0.29) is 5.91 Å². The van der Waals surface area contributed by atoms with Crippen molar-refractivity contribution in [3.63, 3.8) is 0 Å². The molecule has 1 N–H and O–H groups in total. The molecule has 30 heavy (non-hydrogen) atoms. The van der Waals surface area contributed by atoms with Gasteiger partial charge >= 0.3 is 0 Å². The Bertz CT molecular complexity index is 1050. The quantitative estimate of drug-likeness (QED) is 0.351. The fourth-order valence-corrected chi connectivity index (χ4v) is 3.79. The van der Waals surface area contributed by atoms with E-state index >= 15 is 0 Å². The molecule has 0 unspecified atom stereocenters. The molecule has 7 heteroatoms. The predicted molar refractivity (Wildman–Crippen MR) is 126 cm³/mol. The topological polar surface area (TPSA) is 47.6 Å². The number of rotatable bonds is 7. The van der Waals surface area contributed by atoms with Crippen LogP contribution in [0.25, 0.3) is 6.08 Å². The number of hydrogen-bond donors (Lipinski definition) is 1. The third kappa shape index (κ3) is 6.26. The summed E-state index contributed by atoms with van der Waals surface area (Å²) >= 11 is 15.4. The molecule has 4 nitrogen and oxygen atoms in total. The van der Waals surface area contributed by atoms with Crippen LogP contribution < -0.4 is 14.8 Å². The Hall–Kier alpha value is -2.47. The van der Waals surface area contributed by atoms with Gasteiger partial charge in [0.2, 0.25) is 5.91 Å². The van der Waals surface area contributed by atoms with E-state index in [1.807, 2.05) is 36.4 Å². The first-order valence-electron chi connectivity index (χ1n) is 8.94. The Morgan fingerprint density at radius 2 is 1.77 bits per heavy atom. The van der Waals surface area contributed by atoms with E-state index in [2.05, 4.69) is 21.2 Å². The van der Waals surface area contributed by atoms with Gasteiger partial charge in [-0.3, -0.25) is 4.79 Å². The first kappa shape index (κ1) is 22.2. The van der Waals surface area contributed by atoms with Crippen LogP contribution in [0.1, 0.15) is 11.1 Å². The molecule has 3 aromatic rings. The summed E-state index contributed by atoms with van der Waals surface area (Å²) in [4.78, 5) is 12.2. The SMILES string of the molecule is COc1cc(/C=C/C(=O)Nc2cc(Cl)cc(Cl)c2)cc(Br)c1OCc1ccccc1. The van der Waals surface area contributed by atoms with Gasteiger partial charge in [0.25, 0.3) is 0 Å². The number of ether oxygens (including phenoxy) is 2. The van der Waals surface area contributed by atoms with Crippen molar-refractivity contribution < 1.29 is 14.3 Å². The van der Waals surface area contributed by atoms with Crippen LogP contribution in [0.3, 0.4) is 0 Å². The largest absolute Gasteiger partial charge is 0.493 e. The number of carbonyl (C=O) groups is 1. The van der Waals surface area contributed by atoms with Gasteiger partial charge in [0, 0.05) is 21.8 Å². The van der Waals surface area contributed by atoms with Crippen LogP contribution in [0.5, 0.6) is 11.5 Å². The molecule has 0 spiro atoms. The maximum atomic E-state index is 12.2. The maximum absolute atomic E-state index is 12.2. The van der Waals surface area contributed by atoms with Crippen molar-refractivity contribution in [1.29, 1.82) is 0 Å². The Morgan fingerprint density at radius 3 is 2.43 bits per heavy atom. The fourth-order valence-electron chi connectivity index (χ4n) is 2.69. The number of methoxy groups -OCH3 is 1. The molecule has 0 aliphatic rings. The van der Waals surface area contributed by atoms with E-state index in [9.17, 15) is 4.79 Å². The minimum absolute atomic E-state index is 0.312. The van der Waals surface area contributed by atoms with Gasteiger partial charge in [0.05, 0.1) is 11.6 Å². The van der Waals surface area contributed by atoms with E-state index in [4.69, 9.17) is 32.7 Å². The molecule has 0 heterocycles. The highest BCUT2D eigenvalue weighted by Crippen LogP contribution is 2.37. The van der Waals surface area contributed by atoms with Crippen LogP contribution in [-0.2, 0) is 11.4 Å². The highest BCUT2D eigenvalue weighted by Gasteiger charge is 2.11. The van der Waals surface area contributed by atoms with Crippen molar-refractivity contribution in [3.05, 3.63) is 92.4 Å². The summed E-state index contributed by atoms with van der Waals surface area (Å²) in [5.74, 6) is 0.839. The first-order valence-corrected chi connectivity index (χ1v) is 10.5. The van der Waals surface area contributed by atoms with Crippen LogP contribution in [-0.4, -0.2) is 13.0 Å². The normalized spacial score (nSPS) is 10.8. The second-order valence-corrected chi connectivity index (χ2v) is 8.02. The van der Waals surface area contributed by atoms with E-state index in [1.54, 1.807) is 37.5 Å². The second kappa shape index (κ2) is 10.5. The number of benzene rings is 3. The molecule has 3 aromatic carbocycles. The molecule has 1 amide bonds. The summed E-state index contributed by atoms with van der Waals surface area (Å²) in [7, 11) is 1.57. The Balaban J connectivity index is 1.71. The minimum Gasteiger partial charge on any atom is -0.493 e. The van der Waals surface area contributed by atoms with Crippen LogP contribution in [0.15, 0.2) is 71.2 Å². The van der Waals surface area contributed by atoms with Gasteiger partial charge in [0.1, 0.15) is 6.61 Å². The molecule has 0 aromatic heterocycles. The van der Waals surface area contributed by atoms with Crippen LogP contribution in [0.2, 0.25) is 10.0 Å². The van der Waals surface area contributed by atoms with Gasteiger partial charge in [-0.1, -0.05) is 53.5 Å². The van der Waals surface area contributed by atoms with Crippen LogP contribution >= 0.6 is 39.1 Å². The summed E-state index contributed by atoms with van der Waals surface area (Å²) in [6.45, 7) is 0.412. The zero-order valence-corrected chi connectivity index (χ0v) is 19.1. The van der Waals surface area contributed by atoms with Crippen molar-refractivity contribution in [2.24, 2.45) is 0 Å². The Morgan fingerprint density at radius 1 is 1.07 bits per heavy atom. The van der Waals surface area contributed by atoms with Crippen molar-refractivity contribution in [1.82, 2.24) is 0 Å². The number of nitrogens with one attached hydrogen (secondary N) is 1. The maximum Gasteiger partial charge on any atom is 0.248 e. The fraction of sp³-hybridized carbons (Fsp3) is 0.0870. The number of halogens is 3. The highest BCUT2D eigenvalue weighted by atomic mass is 79.9. The van der Waals surface area contributed by atoms with Crippen molar-refractivity contribution >= 4 is 56.8 Å². The molecule has 0 saturated carbocycles. The molecule has 0 atom stereocenters. The average Bonchev–Trinajstić information content (AvgIpc) is 2.71. The zero-order valence-electron chi connectivity index (χ0n) is 16.0. The lowest BCUT2D eigenvalue weighted by atomic mass is 10.2. The number of amides is 1. The van der Waals surface area contributed by atoms with Crippen molar-refractivity contribution in [2.45, 2.75) is 6.61 Å². The Labute approximate surface area is 193 Å². The first-order chi connectivity index (χ1) is 14.4. The van der Waals surface area contributed by atoms with Crippen LogP contribution in [0.4, 0.5) is 5.69 Å². The number of hydrogen-bond acceptors (Lipinski definition) is 3. The summed E-state index contributed by atoms with van der Waals surface area (Å²) in [5.41, 5.74) is 2.34. The molecular formula is C23H18BrCl2NO3. The van der Waals surface area contributed by atoms with E-state index in [0.717, 1.165) is 15.6 Å². The van der Waals surface area contributed by atoms with Gasteiger partial charge in [-0.2, -0.15) is 0 Å². The molecule has 154 valence electrons. The molecular weight excluding hydrogens is 489 g/mol. The monoisotopic (exact) mass is 505 g/mol. The van der Waals surface area contributed by atoms with Gasteiger partial charge in [-0.25, -0.2) is 0 Å². The third-order valence-corrected chi connectivity index (χ3v) is 5.06. The standard InChI is InChI=1S/C23H18BrCl2NO3/c1-29-21-10-16(7-8-22(28)27-19-12-17(25)11-18(26)13-19)9-20(24)23(21)30-14-15-5-3-2-4-6-15/h2-13H,14H2,1H3,(H,27,28)/b8-7+. The van der Waals surface area contributed by atoms with E-state index in [1.165, 1.54) is 6.08 Å². The summed E-state index contributed by atoms with van der Waals surface area (Å²) in [6.07, 6.45) is 3.09. The summed E-state index contributed by atoms with van der Waals surface area (Å²) in [5, 5.41) is 3.62. The number of carbonyl (C=O) groups excluding carboxylic acids is 1. The molecule has 0 saturated heterocycles. The molecule has 0 fully saturated rings. The average molecular weight is 507 g/mol.